The van der Waals surface area contributed by atoms with Crippen LogP contribution >= 0.6 is 0 Å². The SMILES string of the molecule is Cc1ccc(S(=O)(=O)N2C[C@H]3C(=CC2(C)C)C[C@@H]3c2ccccc2)cc1. The van der Waals surface area contributed by atoms with Gasteiger partial charge in [-0.25, -0.2) is 8.42 Å². The largest absolute Gasteiger partial charge is 0.243 e. The Labute approximate surface area is 156 Å². The molecule has 1 heterocycles. The maximum absolute atomic E-state index is 13.3. The maximum Gasteiger partial charge on any atom is 0.243 e. The Morgan fingerprint density at radius 1 is 0.962 bits per heavy atom. The van der Waals surface area contributed by atoms with Gasteiger partial charge in [-0.3, -0.25) is 0 Å². The summed E-state index contributed by atoms with van der Waals surface area (Å²) in [6, 6.07) is 17.6. The first kappa shape index (κ1) is 17.5. The predicted octanol–water partition coefficient (Wildman–Crippen LogP) is 4.51. The molecule has 0 spiro atoms. The van der Waals surface area contributed by atoms with Crippen molar-refractivity contribution in [1.29, 1.82) is 0 Å². The molecule has 0 N–H and O–H groups in total. The van der Waals surface area contributed by atoms with Gasteiger partial charge in [-0.15, -0.1) is 0 Å². The molecule has 26 heavy (non-hydrogen) atoms. The van der Waals surface area contributed by atoms with Crippen LogP contribution in [0, 0.1) is 12.8 Å². The number of rotatable bonds is 3. The molecule has 2 aliphatic rings. The molecule has 2 aromatic rings. The molecule has 0 radical (unpaired) electrons. The lowest BCUT2D eigenvalue weighted by Gasteiger charge is -2.51. The van der Waals surface area contributed by atoms with Crippen molar-refractivity contribution in [2.24, 2.45) is 5.92 Å². The van der Waals surface area contributed by atoms with E-state index >= 15 is 0 Å². The molecule has 0 saturated heterocycles. The minimum absolute atomic E-state index is 0.283. The zero-order valence-corrected chi connectivity index (χ0v) is 16.3. The highest BCUT2D eigenvalue weighted by Gasteiger charge is 2.48. The van der Waals surface area contributed by atoms with E-state index in [1.807, 2.05) is 39.0 Å². The summed E-state index contributed by atoms with van der Waals surface area (Å²) in [5, 5.41) is 0. The smallest absolute Gasteiger partial charge is 0.207 e. The first-order valence-corrected chi connectivity index (χ1v) is 10.6. The minimum atomic E-state index is -3.53. The fourth-order valence-corrected chi connectivity index (χ4v) is 6.05. The van der Waals surface area contributed by atoms with E-state index in [1.165, 1.54) is 11.1 Å². The highest BCUT2D eigenvalue weighted by atomic mass is 32.2. The summed E-state index contributed by atoms with van der Waals surface area (Å²) < 4.78 is 28.3. The van der Waals surface area contributed by atoms with Gasteiger partial charge in [0.2, 0.25) is 10.0 Å². The third-order valence-electron chi connectivity index (χ3n) is 5.80. The second-order valence-electron chi connectivity index (χ2n) is 8.05. The highest BCUT2D eigenvalue weighted by molar-refractivity contribution is 7.89. The molecule has 4 heteroatoms. The molecule has 0 aromatic heterocycles. The van der Waals surface area contributed by atoms with Gasteiger partial charge in [0, 0.05) is 18.0 Å². The van der Waals surface area contributed by atoms with Crippen LogP contribution in [0.2, 0.25) is 0 Å². The molecule has 3 nitrogen and oxygen atoms in total. The Hall–Kier alpha value is -1.91. The third-order valence-corrected chi connectivity index (χ3v) is 7.87. The van der Waals surface area contributed by atoms with Gasteiger partial charge in [-0.2, -0.15) is 4.31 Å². The summed E-state index contributed by atoms with van der Waals surface area (Å²) in [5.41, 5.74) is 3.27. The summed E-state index contributed by atoms with van der Waals surface area (Å²) in [5.74, 6) is 0.694. The molecule has 1 aliphatic carbocycles. The average Bonchev–Trinajstić information content (AvgIpc) is 2.58. The van der Waals surface area contributed by atoms with Crippen molar-refractivity contribution in [3.05, 3.63) is 77.4 Å². The van der Waals surface area contributed by atoms with E-state index in [0.29, 0.717) is 17.4 Å². The van der Waals surface area contributed by atoms with Crippen LogP contribution in [0.4, 0.5) is 0 Å². The number of hydrogen-bond acceptors (Lipinski definition) is 2. The molecule has 136 valence electrons. The molecule has 1 aliphatic heterocycles. The quantitative estimate of drug-likeness (QED) is 0.749. The Morgan fingerprint density at radius 2 is 1.62 bits per heavy atom. The molecule has 0 bridgehead atoms. The zero-order valence-electron chi connectivity index (χ0n) is 15.5. The van der Waals surface area contributed by atoms with Crippen LogP contribution in [-0.4, -0.2) is 24.8 Å². The Balaban J connectivity index is 1.68. The second-order valence-corrected chi connectivity index (χ2v) is 9.91. The van der Waals surface area contributed by atoms with Gasteiger partial charge >= 0.3 is 0 Å². The average molecular weight is 368 g/mol. The van der Waals surface area contributed by atoms with Crippen molar-refractivity contribution in [2.75, 3.05) is 6.54 Å². The van der Waals surface area contributed by atoms with Gasteiger partial charge in [-0.05, 0) is 50.8 Å². The number of benzene rings is 2. The summed E-state index contributed by atoms with van der Waals surface area (Å²) in [6.45, 7) is 6.51. The van der Waals surface area contributed by atoms with Crippen molar-refractivity contribution in [2.45, 2.75) is 43.5 Å². The topological polar surface area (TPSA) is 37.4 Å². The molecular formula is C22H25NO2S. The standard InChI is InChI=1S/C22H25NO2S/c1-16-9-11-19(12-10-16)26(24,25)23-15-21-18(14-22(23,2)3)13-20(21)17-7-5-4-6-8-17/h4-12,14,20-21H,13,15H2,1-3H3/t20-,21+/m1/s1. The molecule has 1 saturated carbocycles. The summed E-state index contributed by atoms with van der Waals surface area (Å²) >= 11 is 0. The van der Waals surface area contributed by atoms with E-state index in [2.05, 4.69) is 30.3 Å². The van der Waals surface area contributed by atoms with E-state index in [0.717, 1.165) is 12.0 Å². The fourth-order valence-electron chi connectivity index (χ4n) is 4.29. The van der Waals surface area contributed by atoms with Crippen LogP contribution in [0.1, 0.15) is 37.3 Å². The molecule has 2 aromatic carbocycles. The molecule has 4 rings (SSSR count). The first-order chi connectivity index (χ1) is 12.3. The Kier molecular flexibility index (Phi) is 4.08. The van der Waals surface area contributed by atoms with E-state index in [-0.39, 0.29) is 5.92 Å². The third kappa shape index (κ3) is 2.81. The van der Waals surface area contributed by atoms with Crippen molar-refractivity contribution < 1.29 is 8.42 Å². The molecule has 1 fully saturated rings. The van der Waals surface area contributed by atoms with Crippen LogP contribution in [0.5, 0.6) is 0 Å². The lowest BCUT2D eigenvalue weighted by atomic mass is 9.63. The van der Waals surface area contributed by atoms with Gasteiger partial charge in [0.15, 0.2) is 0 Å². The minimum Gasteiger partial charge on any atom is -0.207 e. The van der Waals surface area contributed by atoms with Gasteiger partial charge < -0.3 is 0 Å². The lowest BCUT2D eigenvalue weighted by molar-refractivity contribution is 0.183. The normalized spacial score (nSPS) is 25.1. The molecule has 2 atom stereocenters. The van der Waals surface area contributed by atoms with Crippen molar-refractivity contribution in [3.63, 3.8) is 0 Å². The van der Waals surface area contributed by atoms with Gasteiger partial charge in [0.25, 0.3) is 0 Å². The fraction of sp³-hybridized carbons (Fsp3) is 0.364. The second kappa shape index (κ2) is 6.07. The van der Waals surface area contributed by atoms with Crippen molar-refractivity contribution in [1.82, 2.24) is 4.31 Å². The lowest BCUT2D eigenvalue weighted by Crippen LogP contribution is -2.55. The summed E-state index contributed by atoms with van der Waals surface area (Å²) in [6.07, 6.45) is 3.21. The zero-order chi connectivity index (χ0) is 18.5. The number of hydrogen-bond donors (Lipinski definition) is 0. The van der Waals surface area contributed by atoms with Crippen LogP contribution in [-0.2, 0) is 10.0 Å². The monoisotopic (exact) mass is 367 g/mol. The van der Waals surface area contributed by atoms with Crippen LogP contribution < -0.4 is 0 Å². The molecule has 0 amide bonds. The predicted molar refractivity (Wildman–Crippen MR) is 105 cm³/mol. The van der Waals surface area contributed by atoms with Gasteiger partial charge in [0.1, 0.15) is 0 Å². The van der Waals surface area contributed by atoms with Crippen LogP contribution in [0.15, 0.2) is 71.1 Å². The molecule has 0 unspecified atom stereocenters. The van der Waals surface area contributed by atoms with E-state index in [1.54, 1.807) is 16.4 Å². The van der Waals surface area contributed by atoms with Crippen molar-refractivity contribution in [3.8, 4) is 0 Å². The number of fused-ring (bicyclic) bond motifs is 1. The van der Waals surface area contributed by atoms with E-state index < -0.39 is 15.6 Å². The summed E-state index contributed by atoms with van der Waals surface area (Å²) in [7, 11) is -3.53. The van der Waals surface area contributed by atoms with E-state index in [4.69, 9.17) is 0 Å². The highest BCUT2D eigenvalue weighted by Crippen LogP contribution is 2.52. The maximum atomic E-state index is 13.3. The Bertz CT molecular complexity index is 943. The van der Waals surface area contributed by atoms with Crippen LogP contribution in [0.25, 0.3) is 0 Å². The van der Waals surface area contributed by atoms with Crippen molar-refractivity contribution >= 4 is 10.0 Å². The Morgan fingerprint density at radius 3 is 2.27 bits per heavy atom. The molecular weight excluding hydrogens is 342 g/mol. The van der Waals surface area contributed by atoms with Gasteiger partial charge in [-0.1, -0.05) is 59.7 Å². The number of sulfonamides is 1. The summed E-state index contributed by atoms with van der Waals surface area (Å²) in [4.78, 5) is 0.378. The van der Waals surface area contributed by atoms with Gasteiger partial charge in [0.05, 0.1) is 4.90 Å². The number of aryl methyl sites for hydroxylation is 1. The van der Waals surface area contributed by atoms with Crippen LogP contribution in [0.3, 0.4) is 0 Å². The number of nitrogens with zero attached hydrogens (tertiary/aromatic N) is 1. The first-order valence-electron chi connectivity index (χ1n) is 9.15. The van der Waals surface area contributed by atoms with E-state index in [9.17, 15) is 8.42 Å².